The van der Waals surface area contributed by atoms with Crippen molar-refractivity contribution in [1.82, 2.24) is 14.5 Å². The third kappa shape index (κ3) is 4.76. The van der Waals surface area contributed by atoms with Crippen LogP contribution in [0.15, 0.2) is 83.7 Å². The molecule has 0 saturated carbocycles. The minimum absolute atomic E-state index is 0.0130. The summed E-state index contributed by atoms with van der Waals surface area (Å²) < 4.78 is 13.0. The number of rotatable bonds is 6. The molecule has 178 valence electrons. The van der Waals surface area contributed by atoms with E-state index in [1.54, 1.807) is 11.7 Å². The highest BCUT2D eigenvalue weighted by Crippen LogP contribution is 2.31. The Balaban J connectivity index is 1.46. The van der Waals surface area contributed by atoms with Crippen LogP contribution >= 0.6 is 0 Å². The van der Waals surface area contributed by atoms with E-state index in [0.29, 0.717) is 31.4 Å². The van der Waals surface area contributed by atoms with Crippen molar-refractivity contribution in [2.24, 2.45) is 0 Å². The van der Waals surface area contributed by atoms with Gasteiger partial charge in [-0.15, -0.1) is 0 Å². The lowest BCUT2D eigenvalue weighted by molar-refractivity contribution is 0.190. The number of ether oxygens (including phenoxy) is 2. The van der Waals surface area contributed by atoms with Crippen molar-refractivity contribution >= 4 is 11.6 Å². The summed E-state index contributed by atoms with van der Waals surface area (Å²) in [7, 11) is 1.66. The molecule has 4 aromatic rings. The van der Waals surface area contributed by atoms with Crippen LogP contribution in [-0.2, 0) is 13.2 Å². The Morgan fingerprint density at radius 1 is 0.829 bits per heavy atom. The molecule has 0 radical (unpaired) electrons. The van der Waals surface area contributed by atoms with Crippen LogP contribution in [0.1, 0.15) is 16.8 Å². The van der Waals surface area contributed by atoms with Crippen molar-refractivity contribution in [2.45, 2.75) is 27.1 Å². The number of fused-ring (bicyclic) bond motifs is 1. The molecule has 35 heavy (non-hydrogen) atoms. The number of nitrogens with zero attached hydrogens (tertiary/aromatic N) is 4. The number of para-hydroxylation sites is 1. The van der Waals surface area contributed by atoms with Crippen molar-refractivity contribution in [2.75, 3.05) is 18.7 Å². The summed E-state index contributed by atoms with van der Waals surface area (Å²) in [5.74, 6) is 3.01. The molecule has 0 N–H and O–H groups in total. The van der Waals surface area contributed by atoms with E-state index in [2.05, 4.69) is 21.9 Å². The molecule has 1 aromatic heterocycles. The van der Waals surface area contributed by atoms with E-state index < -0.39 is 0 Å². The van der Waals surface area contributed by atoms with E-state index in [4.69, 9.17) is 14.5 Å². The van der Waals surface area contributed by atoms with Gasteiger partial charge >= 0.3 is 0 Å². The van der Waals surface area contributed by atoms with Gasteiger partial charge in [-0.25, -0.2) is 4.98 Å². The number of anilines is 2. The summed E-state index contributed by atoms with van der Waals surface area (Å²) in [5, 5.41) is 0. The summed E-state index contributed by atoms with van der Waals surface area (Å²) in [5.41, 5.74) is 3.49. The first-order chi connectivity index (χ1) is 17.0. The molecule has 1 aliphatic heterocycles. The maximum Gasteiger partial charge on any atom is 0.259 e. The van der Waals surface area contributed by atoms with Gasteiger partial charge < -0.3 is 9.47 Å². The molecule has 7 nitrogen and oxygen atoms in total. The second-order valence-corrected chi connectivity index (χ2v) is 8.65. The molecule has 0 fully saturated rings. The fourth-order valence-corrected chi connectivity index (χ4v) is 4.19. The topological polar surface area (TPSA) is 59.8 Å². The van der Waals surface area contributed by atoms with E-state index in [-0.39, 0.29) is 5.56 Å². The second-order valence-electron chi connectivity index (χ2n) is 8.65. The van der Waals surface area contributed by atoms with Crippen LogP contribution in [0.2, 0.25) is 0 Å². The molecule has 0 unspecified atom stereocenters. The predicted molar refractivity (Wildman–Crippen MR) is 136 cm³/mol. The fourth-order valence-electron chi connectivity index (χ4n) is 4.19. The number of aromatic nitrogens is 2. The van der Waals surface area contributed by atoms with Gasteiger partial charge in [-0.3, -0.25) is 19.2 Å². The van der Waals surface area contributed by atoms with Crippen LogP contribution in [0, 0.1) is 13.8 Å². The number of benzene rings is 3. The van der Waals surface area contributed by atoms with E-state index in [1.807, 2.05) is 80.6 Å². The lowest BCUT2D eigenvalue weighted by atomic mass is 10.2. The highest BCUT2D eigenvalue weighted by atomic mass is 16.5. The summed E-state index contributed by atoms with van der Waals surface area (Å²) >= 11 is 0. The van der Waals surface area contributed by atoms with Crippen LogP contribution in [0.3, 0.4) is 0 Å². The minimum atomic E-state index is -0.0130. The molecule has 2 heterocycles. The first-order valence-electron chi connectivity index (χ1n) is 11.6. The van der Waals surface area contributed by atoms with Gasteiger partial charge in [-0.1, -0.05) is 30.3 Å². The Morgan fingerprint density at radius 3 is 2.17 bits per heavy atom. The summed E-state index contributed by atoms with van der Waals surface area (Å²) in [4.78, 5) is 22.3. The Hall–Kier alpha value is -4.10. The number of methoxy groups -OCH3 is 1. The van der Waals surface area contributed by atoms with Gasteiger partial charge in [0.2, 0.25) is 5.95 Å². The van der Waals surface area contributed by atoms with Gasteiger partial charge in [0.15, 0.2) is 0 Å². The fraction of sp³-hybridized carbons (Fsp3) is 0.214. The van der Waals surface area contributed by atoms with Crippen LogP contribution in [0.25, 0.3) is 0 Å². The van der Waals surface area contributed by atoms with E-state index in [0.717, 1.165) is 34.2 Å². The predicted octanol–water partition coefficient (Wildman–Crippen LogP) is 5.23. The normalized spacial score (nSPS) is 13.4. The van der Waals surface area contributed by atoms with Crippen molar-refractivity contribution in [3.05, 3.63) is 106 Å². The highest BCUT2D eigenvalue weighted by molar-refractivity contribution is 5.59. The number of aryl methyl sites for hydroxylation is 1. The lowest BCUT2D eigenvalue weighted by Gasteiger charge is -2.38. The van der Waals surface area contributed by atoms with Gasteiger partial charge in [0.05, 0.1) is 20.4 Å². The lowest BCUT2D eigenvalue weighted by Crippen LogP contribution is -2.47. The van der Waals surface area contributed by atoms with E-state index >= 15 is 0 Å². The van der Waals surface area contributed by atoms with Gasteiger partial charge in [-0.2, -0.15) is 0 Å². The average molecular weight is 469 g/mol. The first kappa shape index (κ1) is 22.7. The standard InChI is InChI=1S/C28H28N4O3/c1-20-21(2)29-28-31(23-11-15-26(16-12-23)35-25-7-5-4-6-8-25)18-30(19-32(28)27(20)33)17-22-9-13-24(34-3)14-10-22/h4-16H,17-19H2,1-3H3. The molecule has 7 heteroatoms. The van der Waals surface area contributed by atoms with Crippen LogP contribution in [0.4, 0.5) is 11.6 Å². The van der Waals surface area contributed by atoms with Crippen molar-refractivity contribution in [3.8, 4) is 17.2 Å². The molecule has 0 spiro atoms. The third-order valence-electron chi connectivity index (χ3n) is 6.23. The molecule has 0 bridgehead atoms. The monoisotopic (exact) mass is 468 g/mol. The second kappa shape index (κ2) is 9.64. The zero-order valence-corrected chi connectivity index (χ0v) is 20.1. The van der Waals surface area contributed by atoms with E-state index in [9.17, 15) is 4.79 Å². The minimum Gasteiger partial charge on any atom is -0.497 e. The number of hydrogen-bond donors (Lipinski definition) is 0. The summed E-state index contributed by atoms with van der Waals surface area (Å²) in [6, 6.07) is 25.6. The number of hydrogen-bond acceptors (Lipinski definition) is 6. The zero-order valence-electron chi connectivity index (χ0n) is 20.1. The average Bonchev–Trinajstić information content (AvgIpc) is 2.89. The SMILES string of the molecule is COc1ccc(CN2CN(c3ccc(Oc4ccccc4)cc3)c3nc(C)c(C)c(=O)n3C2)cc1. The molecule has 0 amide bonds. The molecule has 3 aromatic carbocycles. The molecular weight excluding hydrogens is 440 g/mol. The molecular formula is C28H28N4O3. The third-order valence-corrected chi connectivity index (χ3v) is 6.23. The van der Waals surface area contributed by atoms with Crippen LogP contribution in [0.5, 0.6) is 17.2 Å². The van der Waals surface area contributed by atoms with Gasteiger partial charge in [-0.05, 0) is 67.9 Å². The zero-order chi connectivity index (χ0) is 24.4. The Labute approximate surface area is 204 Å². The van der Waals surface area contributed by atoms with Gasteiger partial charge in [0, 0.05) is 23.5 Å². The van der Waals surface area contributed by atoms with Crippen molar-refractivity contribution in [1.29, 1.82) is 0 Å². The molecule has 5 rings (SSSR count). The summed E-state index contributed by atoms with van der Waals surface area (Å²) in [6.07, 6.45) is 0. The Kier molecular flexibility index (Phi) is 6.25. The highest BCUT2D eigenvalue weighted by Gasteiger charge is 2.27. The largest absolute Gasteiger partial charge is 0.497 e. The Morgan fingerprint density at radius 2 is 1.49 bits per heavy atom. The maximum absolute atomic E-state index is 13.2. The molecule has 0 atom stereocenters. The Bertz CT molecular complexity index is 1370. The molecule has 0 saturated heterocycles. The van der Waals surface area contributed by atoms with Crippen molar-refractivity contribution in [3.63, 3.8) is 0 Å². The van der Waals surface area contributed by atoms with Crippen LogP contribution in [-0.4, -0.2) is 28.2 Å². The maximum atomic E-state index is 13.2. The van der Waals surface area contributed by atoms with Gasteiger partial charge in [0.25, 0.3) is 5.56 Å². The quantitative estimate of drug-likeness (QED) is 0.386. The van der Waals surface area contributed by atoms with Gasteiger partial charge in [0.1, 0.15) is 17.2 Å². The molecule has 1 aliphatic rings. The van der Waals surface area contributed by atoms with Crippen molar-refractivity contribution < 1.29 is 9.47 Å². The summed E-state index contributed by atoms with van der Waals surface area (Å²) in [6.45, 7) is 5.48. The van der Waals surface area contributed by atoms with Crippen LogP contribution < -0.4 is 19.9 Å². The van der Waals surface area contributed by atoms with E-state index in [1.165, 1.54) is 0 Å². The first-order valence-corrected chi connectivity index (χ1v) is 11.6. The smallest absolute Gasteiger partial charge is 0.259 e. The molecule has 0 aliphatic carbocycles.